The zero-order valence-corrected chi connectivity index (χ0v) is 11.5. The van der Waals surface area contributed by atoms with Crippen molar-refractivity contribution in [2.45, 2.75) is 32.4 Å². The maximum absolute atomic E-state index is 11.6. The molecule has 0 spiro atoms. The maximum atomic E-state index is 11.6. The number of aromatic nitrogens is 1. The molecule has 1 atom stereocenters. The number of amides is 2. The third-order valence-corrected chi connectivity index (χ3v) is 2.70. The molecule has 1 heterocycles. The number of carboxylic acid groups (broad SMARTS) is 1. The monoisotopic (exact) mass is 281 g/mol. The van der Waals surface area contributed by atoms with Gasteiger partial charge in [0.25, 0.3) is 0 Å². The quantitative estimate of drug-likeness (QED) is 0.603. The number of aliphatic hydroxyl groups is 1. The van der Waals surface area contributed by atoms with Crippen LogP contribution in [-0.4, -0.2) is 39.3 Å². The molecule has 1 aromatic heterocycles. The molecule has 0 aromatic carbocycles. The van der Waals surface area contributed by atoms with Gasteiger partial charge in [0.15, 0.2) is 0 Å². The molecule has 1 rings (SSSR count). The molecule has 0 aliphatic rings. The van der Waals surface area contributed by atoms with E-state index >= 15 is 0 Å². The van der Waals surface area contributed by atoms with E-state index in [2.05, 4.69) is 15.6 Å². The average Bonchev–Trinajstić information content (AvgIpc) is 2.34. The Bertz CT molecular complexity index is 488. The number of hydrogen-bond donors (Lipinski definition) is 4. The summed E-state index contributed by atoms with van der Waals surface area (Å²) in [4.78, 5) is 26.2. The summed E-state index contributed by atoms with van der Waals surface area (Å²) in [6.45, 7) is 3.36. The van der Waals surface area contributed by atoms with Crippen LogP contribution in [0.5, 0.6) is 0 Å². The Morgan fingerprint density at radius 1 is 1.40 bits per heavy atom. The SMILES string of the molecule is Cc1cccnc1CNC(=O)NCC(C)(O)CC(=O)O. The van der Waals surface area contributed by atoms with E-state index in [0.29, 0.717) is 0 Å². The Morgan fingerprint density at radius 3 is 2.70 bits per heavy atom. The number of urea groups is 1. The zero-order valence-electron chi connectivity index (χ0n) is 11.5. The van der Waals surface area contributed by atoms with Crippen LogP contribution in [0.4, 0.5) is 4.79 Å². The lowest BCUT2D eigenvalue weighted by molar-refractivity contribution is -0.141. The molecule has 7 heteroatoms. The van der Waals surface area contributed by atoms with E-state index in [1.165, 1.54) is 6.92 Å². The highest BCUT2D eigenvalue weighted by Crippen LogP contribution is 2.07. The van der Waals surface area contributed by atoms with Gasteiger partial charge >= 0.3 is 12.0 Å². The lowest BCUT2D eigenvalue weighted by Gasteiger charge is -2.21. The first-order valence-electron chi connectivity index (χ1n) is 6.16. The Morgan fingerprint density at radius 2 is 2.10 bits per heavy atom. The number of carbonyl (C=O) groups excluding carboxylic acids is 1. The third kappa shape index (κ3) is 5.66. The van der Waals surface area contributed by atoms with Gasteiger partial charge in [-0.05, 0) is 25.5 Å². The number of hydrogen-bond acceptors (Lipinski definition) is 4. The number of aryl methyl sites for hydroxylation is 1. The summed E-state index contributed by atoms with van der Waals surface area (Å²) >= 11 is 0. The van der Waals surface area contributed by atoms with E-state index in [0.717, 1.165) is 11.3 Å². The highest BCUT2D eigenvalue weighted by molar-refractivity contribution is 5.74. The molecule has 0 bridgehead atoms. The molecule has 7 nitrogen and oxygen atoms in total. The van der Waals surface area contributed by atoms with E-state index in [4.69, 9.17) is 5.11 Å². The molecule has 110 valence electrons. The predicted molar refractivity (Wildman–Crippen MR) is 72.1 cm³/mol. The van der Waals surface area contributed by atoms with Crippen molar-refractivity contribution in [2.24, 2.45) is 0 Å². The van der Waals surface area contributed by atoms with Crippen molar-refractivity contribution < 1.29 is 19.8 Å². The molecule has 0 radical (unpaired) electrons. The fourth-order valence-electron chi connectivity index (χ4n) is 1.59. The number of nitrogens with zero attached hydrogens (tertiary/aromatic N) is 1. The van der Waals surface area contributed by atoms with Gasteiger partial charge in [-0.25, -0.2) is 4.79 Å². The lowest BCUT2D eigenvalue weighted by atomic mass is 10.0. The van der Waals surface area contributed by atoms with Gasteiger partial charge in [0.05, 0.1) is 24.3 Å². The van der Waals surface area contributed by atoms with Gasteiger partial charge in [0.1, 0.15) is 0 Å². The van der Waals surface area contributed by atoms with Gasteiger partial charge in [-0.15, -0.1) is 0 Å². The summed E-state index contributed by atoms with van der Waals surface area (Å²) < 4.78 is 0. The maximum Gasteiger partial charge on any atom is 0.315 e. The molecule has 1 aromatic rings. The van der Waals surface area contributed by atoms with E-state index in [1.54, 1.807) is 6.20 Å². The van der Waals surface area contributed by atoms with Crippen LogP contribution in [0.15, 0.2) is 18.3 Å². The van der Waals surface area contributed by atoms with Gasteiger partial charge in [-0.2, -0.15) is 0 Å². The molecular weight excluding hydrogens is 262 g/mol. The largest absolute Gasteiger partial charge is 0.481 e. The van der Waals surface area contributed by atoms with Crippen LogP contribution in [0.2, 0.25) is 0 Å². The summed E-state index contributed by atoms with van der Waals surface area (Å²) in [5.74, 6) is -1.12. The Kier molecular flexibility index (Phi) is 5.45. The van der Waals surface area contributed by atoms with E-state index in [-0.39, 0.29) is 13.1 Å². The van der Waals surface area contributed by atoms with Crippen LogP contribution >= 0.6 is 0 Å². The molecule has 0 aliphatic heterocycles. The van der Waals surface area contributed by atoms with E-state index < -0.39 is 24.0 Å². The molecule has 4 N–H and O–H groups in total. The fraction of sp³-hybridized carbons (Fsp3) is 0.462. The normalized spacial score (nSPS) is 13.3. The minimum atomic E-state index is -1.48. The first-order valence-corrected chi connectivity index (χ1v) is 6.16. The number of carbonyl (C=O) groups is 2. The van der Waals surface area contributed by atoms with Crippen LogP contribution in [0.1, 0.15) is 24.6 Å². The fourth-order valence-corrected chi connectivity index (χ4v) is 1.59. The number of carboxylic acids is 1. The van der Waals surface area contributed by atoms with Gasteiger partial charge < -0.3 is 20.8 Å². The summed E-state index contributed by atoms with van der Waals surface area (Å²) in [7, 11) is 0. The van der Waals surface area contributed by atoms with Crippen molar-refractivity contribution in [1.29, 1.82) is 0 Å². The minimum absolute atomic E-state index is 0.146. The smallest absolute Gasteiger partial charge is 0.315 e. The first kappa shape index (κ1) is 15.9. The second kappa shape index (κ2) is 6.85. The molecule has 0 aliphatic carbocycles. The van der Waals surface area contributed by atoms with E-state index in [1.807, 2.05) is 19.1 Å². The van der Waals surface area contributed by atoms with Crippen molar-refractivity contribution in [1.82, 2.24) is 15.6 Å². The standard InChI is InChI=1S/C13H19N3O4/c1-9-4-3-5-14-10(9)7-15-12(19)16-8-13(2,20)6-11(17)18/h3-5,20H,6-8H2,1-2H3,(H,17,18)(H2,15,16,19). The first-order chi connectivity index (χ1) is 9.30. The predicted octanol–water partition coefficient (Wildman–Crippen LogP) is 0.415. The average molecular weight is 281 g/mol. The second-order valence-electron chi connectivity index (χ2n) is 4.87. The Labute approximate surface area is 117 Å². The molecule has 0 fully saturated rings. The highest BCUT2D eigenvalue weighted by atomic mass is 16.4. The van der Waals surface area contributed by atoms with Gasteiger partial charge in [0.2, 0.25) is 0 Å². The number of aliphatic carboxylic acids is 1. The molecule has 1 unspecified atom stereocenters. The van der Waals surface area contributed by atoms with E-state index in [9.17, 15) is 14.7 Å². The topological polar surface area (TPSA) is 112 Å². The zero-order chi connectivity index (χ0) is 15.2. The second-order valence-corrected chi connectivity index (χ2v) is 4.87. The van der Waals surface area contributed by atoms with Crippen molar-refractivity contribution in [2.75, 3.05) is 6.54 Å². The van der Waals surface area contributed by atoms with Crippen molar-refractivity contribution in [3.8, 4) is 0 Å². The lowest BCUT2D eigenvalue weighted by Crippen LogP contribution is -2.45. The Balaban J connectivity index is 2.38. The Hall–Kier alpha value is -2.15. The third-order valence-electron chi connectivity index (χ3n) is 2.70. The number of rotatable bonds is 6. The van der Waals surface area contributed by atoms with Gasteiger partial charge in [-0.3, -0.25) is 9.78 Å². The van der Waals surface area contributed by atoms with Crippen LogP contribution in [0.25, 0.3) is 0 Å². The minimum Gasteiger partial charge on any atom is -0.481 e. The molecule has 2 amide bonds. The molecular formula is C13H19N3O4. The van der Waals surface area contributed by atoms with Crippen LogP contribution in [0, 0.1) is 6.92 Å². The summed E-state index contributed by atoms with van der Waals surface area (Å²) in [5.41, 5.74) is 0.231. The van der Waals surface area contributed by atoms with Gasteiger partial charge in [-0.1, -0.05) is 6.07 Å². The van der Waals surface area contributed by atoms with Gasteiger partial charge in [0, 0.05) is 12.7 Å². The number of nitrogens with one attached hydrogen (secondary N) is 2. The molecule has 0 saturated carbocycles. The molecule has 0 saturated heterocycles. The van der Waals surface area contributed by atoms with Crippen molar-refractivity contribution in [3.05, 3.63) is 29.6 Å². The van der Waals surface area contributed by atoms with Crippen LogP contribution in [0.3, 0.4) is 0 Å². The summed E-state index contributed by atoms with van der Waals surface area (Å²) in [6.07, 6.45) is 1.20. The number of pyridine rings is 1. The highest BCUT2D eigenvalue weighted by Gasteiger charge is 2.24. The van der Waals surface area contributed by atoms with Crippen LogP contribution in [-0.2, 0) is 11.3 Å². The summed E-state index contributed by atoms with van der Waals surface area (Å²) in [6, 6.07) is 3.21. The van der Waals surface area contributed by atoms with Crippen molar-refractivity contribution in [3.63, 3.8) is 0 Å². The summed E-state index contributed by atoms with van der Waals surface area (Å²) in [5, 5.41) is 23.3. The molecule has 20 heavy (non-hydrogen) atoms. The van der Waals surface area contributed by atoms with Crippen molar-refractivity contribution >= 4 is 12.0 Å². The van der Waals surface area contributed by atoms with Crippen LogP contribution < -0.4 is 10.6 Å².